The second-order valence-electron chi connectivity index (χ2n) is 7.42. The van der Waals surface area contributed by atoms with Crippen LogP contribution in [0.5, 0.6) is 11.5 Å². The van der Waals surface area contributed by atoms with E-state index in [-0.39, 0.29) is 18.5 Å². The summed E-state index contributed by atoms with van der Waals surface area (Å²) in [5.41, 5.74) is 4.64. The van der Waals surface area contributed by atoms with Gasteiger partial charge in [0.2, 0.25) is 5.91 Å². The molecule has 0 aliphatic carbocycles. The highest BCUT2D eigenvalue weighted by atomic mass is 32.1. The van der Waals surface area contributed by atoms with Crippen molar-refractivity contribution >= 4 is 34.8 Å². The lowest BCUT2D eigenvalue weighted by atomic mass is 10.0. The van der Waals surface area contributed by atoms with E-state index in [9.17, 15) is 14.4 Å². The van der Waals surface area contributed by atoms with Crippen molar-refractivity contribution in [3.05, 3.63) is 52.5 Å². The molecule has 174 valence electrons. The number of rotatable bonds is 7. The van der Waals surface area contributed by atoms with Gasteiger partial charge in [-0.05, 0) is 35.6 Å². The highest BCUT2D eigenvalue weighted by molar-refractivity contribution is 7.12. The van der Waals surface area contributed by atoms with E-state index in [1.54, 1.807) is 43.1 Å². The number of carbonyl (C=O) groups is 3. The minimum absolute atomic E-state index is 0.106. The molecule has 11 heteroatoms. The first-order valence-corrected chi connectivity index (χ1v) is 11.0. The number of hydrazine groups is 1. The summed E-state index contributed by atoms with van der Waals surface area (Å²) in [4.78, 5) is 39.1. The first-order valence-electron chi connectivity index (χ1n) is 10.2. The van der Waals surface area contributed by atoms with Gasteiger partial charge in [-0.2, -0.15) is 0 Å². The van der Waals surface area contributed by atoms with Crippen molar-refractivity contribution in [2.45, 2.75) is 18.5 Å². The average Bonchev–Trinajstić information content (AvgIpc) is 3.47. The summed E-state index contributed by atoms with van der Waals surface area (Å²) >= 11 is 1.17. The summed E-state index contributed by atoms with van der Waals surface area (Å²) in [7, 11) is 4.43. The fourth-order valence-electron chi connectivity index (χ4n) is 3.86. The number of hydrogen-bond donors (Lipinski definition) is 2. The predicted molar refractivity (Wildman–Crippen MR) is 121 cm³/mol. The number of hydrogen-bond acceptors (Lipinski definition) is 9. The van der Waals surface area contributed by atoms with E-state index in [2.05, 4.69) is 10.7 Å². The molecule has 0 bridgehead atoms. The molecular weight excluding hydrogens is 448 g/mol. The van der Waals surface area contributed by atoms with Gasteiger partial charge in [0.05, 0.1) is 33.1 Å². The first-order chi connectivity index (χ1) is 15.9. The van der Waals surface area contributed by atoms with E-state index in [4.69, 9.17) is 14.2 Å². The second kappa shape index (κ2) is 9.51. The van der Waals surface area contributed by atoms with E-state index in [0.29, 0.717) is 28.5 Å². The zero-order valence-electron chi connectivity index (χ0n) is 18.4. The highest BCUT2D eigenvalue weighted by Crippen LogP contribution is 2.35. The average molecular weight is 473 g/mol. The number of esters is 1. The van der Waals surface area contributed by atoms with Crippen LogP contribution in [0.25, 0.3) is 0 Å². The number of anilines is 1. The number of fused-ring (bicyclic) bond motifs is 1. The minimum Gasteiger partial charge on any atom is -0.493 e. The maximum absolute atomic E-state index is 13.1. The third-order valence-corrected chi connectivity index (χ3v) is 6.40. The van der Waals surface area contributed by atoms with Gasteiger partial charge in [-0.25, -0.2) is 10.2 Å². The van der Waals surface area contributed by atoms with E-state index in [1.165, 1.54) is 23.3 Å². The Kier molecular flexibility index (Phi) is 6.52. The van der Waals surface area contributed by atoms with E-state index in [0.717, 1.165) is 5.56 Å². The van der Waals surface area contributed by atoms with Crippen LogP contribution in [0, 0.1) is 0 Å². The minimum atomic E-state index is -0.525. The molecular formula is C22H24N4O6S. The number of benzene rings is 1. The third kappa shape index (κ3) is 4.50. The second-order valence-corrected chi connectivity index (χ2v) is 8.34. The largest absolute Gasteiger partial charge is 0.493 e. The molecule has 33 heavy (non-hydrogen) atoms. The number of thiophene rings is 1. The Morgan fingerprint density at radius 1 is 1.15 bits per heavy atom. The number of nitrogens with zero attached hydrogens (tertiary/aromatic N) is 2. The summed E-state index contributed by atoms with van der Waals surface area (Å²) in [6, 6.07) is 6.70. The van der Waals surface area contributed by atoms with Crippen molar-refractivity contribution in [1.29, 1.82) is 0 Å². The maximum Gasteiger partial charge on any atom is 0.350 e. The van der Waals surface area contributed by atoms with Crippen molar-refractivity contribution in [2.75, 3.05) is 33.2 Å². The highest BCUT2D eigenvalue weighted by Gasteiger charge is 2.40. The predicted octanol–water partition coefficient (Wildman–Crippen LogP) is 2.12. The SMILES string of the molecule is COC(=O)c1sccc1NC(=O)CN1C=CN2NC(c3ccc(OC)c(OC)c3)CC2C1=O. The van der Waals surface area contributed by atoms with Crippen molar-refractivity contribution in [3.63, 3.8) is 0 Å². The first kappa shape index (κ1) is 22.6. The van der Waals surface area contributed by atoms with Gasteiger partial charge in [-0.15, -0.1) is 11.3 Å². The van der Waals surface area contributed by atoms with Crippen LogP contribution in [-0.2, 0) is 14.3 Å². The van der Waals surface area contributed by atoms with E-state index < -0.39 is 17.9 Å². The molecule has 2 unspecified atom stereocenters. The molecule has 0 radical (unpaired) electrons. The summed E-state index contributed by atoms with van der Waals surface area (Å²) in [5, 5.41) is 6.12. The van der Waals surface area contributed by atoms with Crippen LogP contribution in [0.4, 0.5) is 5.69 Å². The molecule has 0 spiro atoms. The number of amides is 2. The quantitative estimate of drug-likeness (QED) is 0.590. The standard InChI is InChI=1S/C22H24N4O6S/c1-30-17-5-4-13(10-18(17)31-2)15-11-16-21(28)25(7-8-26(16)24-15)12-19(27)23-14-6-9-33-20(14)22(29)32-3/h4-10,15-16,24H,11-12H2,1-3H3,(H,23,27). The zero-order chi connectivity index (χ0) is 23.5. The van der Waals surface area contributed by atoms with E-state index >= 15 is 0 Å². The van der Waals surface area contributed by atoms with Gasteiger partial charge in [0.1, 0.15) is 17.5 Å². The molecule has 1 aromatic carbocycles. The van der Waals surface area contributed by atoms with Crippen LogP contribution in [0.3, 0.4) is 0 Å². The molecule has 3 heterocycles. The molecule has 4 rings (SSSR count). The molecule has 2 aliphatic heterocycles. The normalized spacial score (nSPS) is 19.3. The van der Waals surface area contributed by atoms with Crippen LogP contribution >= 0.6 is 11.3 Å². The van der Waals surface area contributed by atoms with Crippen LogP contribution in [0.15, 0.2) is 42.0 Å². The van der Waals surface area contributed by atoms with Crippen LogP contribution < -0.4 is 20.2 Å². The molecule has 2 atom stereocenters. The summed E-state index contributed by atoms with van der Waals surface area (Å²) in [6.45, 7) is -0.169. The molecule has 2 amide bonds. The zero-order valence-corrected chi connectivity index (χ0v) is 19.2. The Balaban J connectivity index is 1.41. The van der Waals surface area contributed by atoms with Gasteiger partial charge in [-0.1, -0.05) is 6.07 Å². The van der Waals surface area contributed by atoms with Gasteiger partial charge in [-0.3, -0.25) is 9.59 Å². The Morgan fingerprint density at radius 2 is 1.94 bits per heavy atom. The van der Waals surface area contributed by atoms with Crippen molar-refractivity contribution in [1.82, 2.24) is 15.3 Å². The summed E-state index contributed by atoms with van der Waals surface area (Å²) < 4.78 is 15.4. The lowest BCUT2D eigenvalue weighted by molar-refractivity contribution is -0.137. The molecule has 1 fully saturated rings. The van der Waals surface area contributed by atoms with Crippen LogP contribution in [-0.4, -0.2) is 61.6 Å². The number of carbonyl (C=O) groups excluding carboxylic acids is 3. The Morgan fingerprint density at radius 3 is 2.67 bits per heavy atom. The molecule has 2 aromatic rings. The smallest absolute Gasteiger partial charge is 0.350 e. The molecule has 2 N–H and O–H groups in total. The lowest BCUT2D eigenvalue weighted by Gasteiger charge is -2.31. The van der Waals surface area contributed by atoms with Crippen molar-refractivity contribution < 1.29 is 28.6 Å². The fraction of sp³-hybridized carbons (Fsp3) is 0.318. The molecule has 0 saturated carbocycles. The van der Waals surface area contributed by atoms with Crippen LogP contribution in [0.1, 0.15) is 27.7 Å². The number of ether oxygens (including phenoxy) is 3. The van der Waals surface area contributed by atoms with Gasteiger partial charge in [0, 0.05) is 12.4 Å². The van der Waals surface area contributed by atoms with Gasteiger partial charge >= 0.3 is 5.97 Å². The van der Waals surface area contributed by atoms with E-state index in [1.807, 2.05) is 18.2 Å². The Labute approximate surface area is 194 Å². The molecule has 10 nitrogen and oxygen atoms in total. The van der Waals surface area contributed by atoms with Crippen LogP contribution in [0.2, 0.25) is 0 Å². The van der Waals surface area contributed by atoms with Crippen molar-refractivity contribution in [2.24, 2.45) is 0 Å². The molecule has 1 saturated heterocycles. The molecule has 1 aromatic heterocycles. The summed E-state index contributed by atoms with van der Waals surface area (Å²) in [5.74, 6) is 0.116. The monoisotopic (exact) mass is 472 g/mol. The lowest BCUT2D eigenvalue weighted by Crippen LogP contribution is -2.49. The fourth-order valence-corrected chi connectivity index (χ4v) is 4.62. The Bertz CT molecular complexity index is 1100. The number of nitrogens with one attached hydrogen (secondary N) is 2. The summed E-state index contributed by atoms with van der Waals surface area (Å²) in [6.07, 6.45) is 3.83. The number of methoxy groups -OCH3 is 3. The Hall–Kier alpha value is -3.57. The topological polar surface area (TPSA) is 109 Å². The molecule has 2 aliphatic rings. The maximum atomic E-state index is 13.1. The van der Waals surface area contributed by atoms with Gasteiger partial charge < -0.3 is 29.4 Å². The van der Waals surface area contributed by atoms with Crippen molar-refractivity contribution in [3.8, 4) is 11.5 Å². The van der Waals surface area contributed by atoms with Gasteiger partial charge in [0.15, 0.2) is 11.5 Å². The van der Waals surface area contributed by atoms with Gasteiger partial charge in [0.25, 0.3) is 5.91 Å². The third-order valence-electron chi connectivity index (χ3n) is 5.51.